The lowest BCUT2D eigenvalue weighted by molar-refractivity contribution is 0.334. The summed E-state index contributed by atoms with van der Waals surface area (Å²) in [4.78, 5) is 0. The fourth-order valence-corrected chi connectivity index (χ4v) is 0.486. The Bertz CT molecular complexity index is 51.3. The monoisotopic (exact) mass is 151 g/mol. The second kappa shape index (κ2) is 10.6. The summed E-state index contributed by atoms with van der Waals surface area (Å²) in [5.41, 5.74) is 0. The van der Waals surface area contributed by atoms with Gasteiger partial charge in [0.15, 0.2) is 17.4 Å². The lowest BCUT2D eigenvalue weighted by Crippen LogP contribution is -1.79. The molecule has 2 nitrogen and oxygen atoms in total. The van der Waals surface area contributed by atoms with E-state index in [1.54, 1.807) is 0 Å². The Balaban J connectivity index is 0. The summed E-state index contributed by atoms with van der Waals surface area (Å²) in [6.45, 7) is 2.70. The second-order valence-corrected chi connectivity index (χ2v) is 1.74. The molecule has 0 saturated heterocycles. The number of hydrogen-bond acceptors (Lipinski definition) is 2. The summed E-state index contributed by atoms with van der Waals surface area (Å²) in [6.07, 6.45) is 2.11. The summed E-state index contributed by atoms with van der Waals surface area (Å²) in [6, 6.07) is 0. The topological polar surface area (TPSA) is 26.3 Å². The van der Waals surface area contributed by atoms with Crippen LogP contribution < -0.4 is 0 Å². The predicted octanol–water partition coefficient (Wildman–Crippen LogP) is 0.558. The van der Waals surface area contributed by atoms with Crippen LogP contribution in [0.5, 0.6) is 0 Å². The first-order valence-corrected chi connectivity index (χ1v) is 3.22. The number of rotatable bonds is 4. The molecular formula is C4H13AlO2P+. The van der Waals surface area contributed by atoms with Gasteiger partial charge < -0.3 is 0 Å². The minimum Gasteiger partial charge on any atom is -0.148 e. The molecule has 1 atom stereocenters. The molecule has 0 spiro atoms. The molecule has 0 aromatic heterocycles. The van der Waals surface area contributed by atoms with Gasteiger partial charge in [-0.2, -0.15) is 0 Å². The van der Waals surface area contributed by atoms with Gasteiger partial charge in [-0.3, -0.25) is 0 Å². The fourth-order valence-electron chi connectivity index (χ4n) is 0.258. The average molecular weight is 151 g/mol. The van der Waals surface area contributed by atoms with Crippen LogP contribution in [0.25, 0.3) is 0 Å². The molecule has 1 unspecified atom stereocenters. The minimum absolute atomic E-state index is 0. The first kappa shape index (κ1) is 11.4. The van der Waals surface area contributed by atoms with Gasteiger partial charge in [0.1, 0.15) is 6.61 Å². The van der Waals surface area contributed by atoms with Gasteiger partial charge >= 0.3 is 8.69 Å². The third-order valence-corrected chi connectivity index (χ3v) is 0.981. The molecule has 0 bridgehead atoms. The van der Waals surface area contributed by atoms with Crippen LogP contribution in [-0.2, 0) is 9.09 Å². The van der Waals surface area contributed by atoms with E-state index in [0.29, 0.717) is 6.61 Å². The van der Waals surface area contributed by atoms with Crippen molar-refractivity contribution < 1.29 is 9.09 Å². The summed E-state index contributed by atoms with van der Waals surface area (Å²) >= 11 is 0. The molecule has 0 amide bonds. The normalized spacial score (nSPS) is 8.62. The SMILES string of the molecule is CCCCO[PH+]=O.[AlH3]. The molecule has 0 aromatic rings. The van der Waals surface area contributed by atoms with Crippen LogP contribution in [-0.4, -0.2) is 24.0 Å². The molecule has 0 fully saturated rings. The van der Waals surface area contributed by atoms with Crippen LogP contribution in [0.4, 0.5) is 0 Å². The smallest absolute Gasteiger partial charge is 0.148 e. The van der Waals surface area contributed by atoms with Gasteiger partial charge in [0.05, 0.1) is 0 Å². The first-order valence-electron chi connectivity index (χ1n) is 2.40. The average Bonchev–Trinajstić information content (AvgIpc) is 1.69. The summed E-state index contributed by atoms with van der Waals surface area (Å²) in [5, 5.41) is 0. The molecule has 0 heterocycles. The van der Waals surface area contributed by atoms with Gasteiger partial charge in [-0.25, -0.2) is 0 Å². The molecule has 0 aliphatic rings. The number of unbranched alkanes of at least 4 members (excludes halogenated alkanes) is 1. The zero-order chi connectivity index (χ0) is 5.54. The third-order valence-electron chi connectivity index (χ3n) is 0.659. The van der Waals surface area contributed by atoms with E-state index in [1.165, 1.54) is 0 Å². The molecule has 0 N–H and O–H groups in total. The zero-order valence-corrected chi connectivity index (χ0v) is 5.44. The quantitative estimate of drug-likeness (QED) is 0.333. The van der Waals surface area contributed by atoms with Crippen molar-refractivity contribution in [2.45, 2.75) is 19.8 Å². The van der Waals surface area contributed by atoms with Crippen molar-refractivity contribution in [3.05, 3.63) is 0 Å². The molecule has 0 rings (SSSR count). The molecule has 0 saturated carbocycles. The highest BCUT2D eigenvalue weighted by atomic mass is 31.1. The summed E-state index contributed by atoms with van der Waals surface area (Å²) in [7, 11) is -0.582. The molecule has 0 radical (unpaired) electrons. The van der Waals surface area contributed by atoms with Gasteiger partial charge in [0.2, 0.25) is 0 Å². The van der Waals surface area contributed by atoms with Crippen molar-refractivity contribution in [1.82, 2.24) is 0 Å². The van der Waals surface area contributed by atoms with E-state index in [0.717, 1.165) is 12.8 Å². The van der Waals surface area contributed by atoms with Gasteiger partial charge in [-0.1, -0.05) is 13.3 Å². The van der Waals surface area contributed by atoms with Crippen molar-refractivity contribution in [2.24, 2.45) is 0 Å². The van der Waals surface area contributed by atoms with E-state index in [2.05, 4.69) is 11.4 Å². The first-order chi connectivity index (χ1) is 3.41. The van der Waals surface area contributed by atoms with Crippen molar-refractivity contribution >= 4 is 26.0 Å². The maximum Gasteiger partial charge on any atom is 0.494 e. The Morgan fingerprint density at radius 2 is 2.25 bits per heavy atom. The zero-order valence-electron chi connectivity index (χ0n) is 4.44. The van der Waals surface area contributed by atoms with E-state index in [-0.39, 0.29) is 17.4 Å². The van der Waals surface area contributed by atoms with Crippen LogP contribution in [0.2, 0.25) is 0 Å². The molecule has 0 aliphatic carbocycles. The standard InChI is InChI=1S/C4H10O2P.Al.3H/c1-2-3-4-6-7-5;;;;/h7H,2-4H2,1H3;;;;/q+1;;;;. The van der Waals surface area contributed by atoms with Crippen molar-refractivity contribution in [2.75, 3.05) is 6.61 Å². The van der Waals surface area contributed by atoms with Crippen LogP contribution in [0, 0.1) is 0 Å². The third kappa shape index (κ3) is 9.78. The molecule has 0 aliphatic heterocycles. The Kier molecular flexibility index (Phi) is 15.0. The highest BCUT2D eigenvalue weighted by Gasteiger charge is 1.87. The van der Waals surface area contributed by atoms with E-state index in [9.17, 15) is 4.57 Å². The van der Waals surface area contributed by atoms with Gasteiger partial charge in [-0.15, -0.1) is 4.52 Å². The Morgan fingerprint density at radius 1 is 1.62 bits per heavy atom. The highest BCUT2D eigenvalue weighted by Crippen LogP contribution is 1.96. The Labute approximate surface area is 62.0 Å². The largest absolute Gasteiger partial charge is 0.494 e. The Hall–Kier alpha value is 0.592. The highest BCUT2D eigenvalue weighted by molar-refractivity contribution is 7.17. The molecule has 0 aromatic carbocycles. The van der Waals surface area contributed by atoms with E-state index < -0.39 is 8.69 Å². The molecule has 4 heteroatoms. The fraction of sp³-hybridized carbons (Fsp3) is 1.00. The lowest BCUT2D eigenvalue weighted by Gasteiger charge is -1.81. The molecule has 8 heavy (non-hydrogen) atoms. The summed E-state index contributed by atoms with van der Waals surface area (Å²) in [5.74, 6) is 0. The predicted molar refractivity (Wildman–Crippen MR) is 39.8 cm³/mol. The molecular weight excluding hydrogens is 138 g/mol. The summed E-state index contributed by atoms with van der Waals surface area (Å²) < 4.78 is 14.2. The van der Waals surface area contributed by atoms with Gasteiger partial charge in [0, 0.05) is 0 Å². The van der Waals surface area contributed by atoms with Crippen molar-refractivity contribution in [3.63, 3.8) is 0 Å². The van der Waals surface area contributed by atoms with Crippen molar-refractivity contribution in [3.8, 4) is 0 Å². The van der Waals surface area contributed by atoms with Crippen LogP contribution in [0.15, 0.2) is 0 Å². The van der Waals surface area contributed by atoms with Crippen LogP contribution in [0.3, 0.4) is 0 Å². The van der Waals surface area contributed by atoms with E-state index >= 15 is 0 Å². The number of hydrogen-bond donors (Lipinski definition) is 0. The lowest BCUT2D eigenvalue weighted by atomic mass is 10.4. The maximum atomic E-state index is 9.61. The second-order valence-electron chi connectivity index (χ2n) is 1.29. The minimum atomic E-state index is -0.582. The van der Waals surface area contributed by atoms with Gasteiger partial charge in [0.25, 0.3) is 0 Å². The van der Waals surface area contributed by atoms with E-state index in [4.69, 9.17) is 0 Å². The van der Waals surface area contributed by atoms with Crippen LogP contribution >= 0.6 is 8.69 Å². The maximum absolute atomic E-state index is 9.61. The van der Waals surface area contributed by atoms with Crippen molar-refractivity contribution in [1.29, 1.82) is 0 Å². The van der Waals surface area contributed by atoms with Crippen LogP contribution in [0.1, 0.15) is 19.8 Å². The van der Waals surface area contributed by atoms with Gasteiger partial charge in [-0.05, 0) is 11.0 Å². The van der Waals surface area contributed by atoms with E-state index in [1.807, 2.05) is 0 Å². The Morgan fingerprint density at radius 3 is 2.62 bits per heavy atom. The molecule has 48 valence electrons.